The maximum atomic E-state index is 14.1. The van der Waals surface area contributed by atoms with E-state index >= 15 is 0 Å². The second kappa shape index (κ2) is 10.1. The summed E-state index contributed by atoms with van der Waals surface area (Å²) in [5.74, 6) is -3.31. The maximum absolute atomic E-state index is 14.1. The van der Waals surface area contributed by atoms with Crippen LogP contribution in [0.5, 0.6) is 5.75 Å². The first-order valence-electron chi connectivity index (χ1n) is 11.5. The number of nitrogens with zero attached hydrogens (tertiary/aromatic N) is 2. The van der Waals surface area contributed by atoms with Gasteiger partial charge in [0, 0.05) is 17.4 Å². The van der Waals surface area contributed by atoms with Crippen molar-refractivity contribution in [2.24, 2.45) is 0 Å². The minimum absolute atomic E-state index is 0.0300. The summed E-state index contributed by atoms with van der Waals surface area (Å²) >= 11 is 0. The number of benzene rings is 2. The molecular formula is C26H21F8N3O2. The number of nitrogens with one attached hydrogen (secondary N) is 1. The third kappa shape index (κ3) is 6.29. The first-order valence-corrected chi connectivity index (χ1v) is 11.5. The van der Waals surface area contributed by atoms with Crippen molar-refractivity contribution in [1.82, 2.24) is 10.3 Å². The average molecular weight is 559 g/mol. The zero-order valence-corrected chi connectivity index (χ0v) is 20.4. The van der Waals surface area contributed by atoms with Gasteiger partial charge in [0.25, 0.3) is 0 Å². The summed E-state index contributed by atoms with van der Waals surface area (Å²) in [5.41, 5.74) is -1.39. The zero-order chi connectivity index (χ0) is 28.8. The number of anilines is 1. The van der Waals surface area contributed by atoms with Crippen LogP contribution in [0.25, 0.3) is 0 Å². The van der Waals surface area contributed by atoms with Crippen LogP contribution in [0.3, 0.4) is 0 Å². The quantitative estimate of drug-likeness (QED) is 0.344. The number of hydrogen-bond acceptors (Lipinski definition) is 4. The SMILES string of the molecule is CC(C)(N[C@@H]1C[C@H](c2ccc(F)c(F)c2)N(c2ccc(OC(F)(F)F)cc2)C1=O)c1ccc(C(F)(F)F)nc1. The summed E-state index contributed by atoms with van der Waals surface area (Å²) in [4.78, 5) is 18.3. The molecule has 208 valence electrons. The Morgan fingerprint density at radius 2 is 1.59 bits per heavy atom. The summed E-state index contributed by atoms with van der Waals surface area (Å²) in [6, 6.07) is 7.82. The van der Waals surface area contributed by atoms with E-state index in [1.165, 1.54) is 29.2 Å². The van der Waals surface area contributed by atoms with Gasteiger partial charge in [-0.25, -0.2) is 8.78 Å². The molecule has 0 unspecified atom stereocenters. The van der Waals surface area contributed by atoms with E-state index in [-0.39, 0.29) is 17.7 Å². The van der Waals surface area contributed by atoms with E-state index in [0.717, 1.165) is 36.5 Å². The van der Waals surface area contributed by atoms with Crippen LogP contribution in [-0.2, 0) is 16.5 Å². The van der Waals surface area contributed by atoms with Crippen LogP contribution in [0.1, 0.15) is 43.1 Å². The highest BCUT2D eigenvalue weighted by molar-refractivity contribution is 6.00. The van der Waals surface area contributed by atoms with E-state index in [0.29, 0.717) is 5.56 Å². The summed E-state index contributed by atoms with van der Waals surface area (Å²) in [5, 5.41) is 3.09. The molecule has 0 saturated carbocycles. The molecule has 1 aromatic heterocycles. The van der Waals surface area contributed by atoms with Gasteiger partial charge in [-0.3, -0.25) is 15.1 Å². The first-order chi connectivity index (χ1) is 18.0. The number of aromatic nitrogens is 1. The van der Waals surface area contributed by atoms with Gasteiger partial charge in [-0.15, -0.1) is 13.2 Å². The number of halogens is 8. The third-order valence-corrected chi connectivity index (χ3v) is 6.29. The van der Waals surface area contributed by atoms with Crippen LogP contribution >= 0.6 is 0 Å². The molecular weight excluding hydrogens is 538 g/mol. The summed E-state index contributed by atoms with van der Waals surface area (Å²) in [6.07, 6.45) is -8.48. The van der Waals surface area contributed by atoms with Crippen molar-refractivity contribution >= 4 is 11.6 Å². The van der Waals surface area contributed by atoms with E-state index in [9.17, 15) is 39.9 Å². The molecule has 2 heterocycles. The number of hydrogen-bond donors (Lipinski definition) is 1. The number of pyridine rings is 1. The fourth-order valence-electron chi connectivity index (χ4n) is 4.44. The molecule has 0 bridgehead atoms. The van der Waals surface area contributed by atoms with Crippen molar-refractivity contribution in [2.45, 2.75) is 50.4 Å². The molecule has 0 aliphatic carbocycles. The van der Waals surface area contributed by atoms with Crippen molar-refractivity contribution in [1.29, 1.82) is 0 Å². The Bertz CT molecular complexity index is 1340. The summed E-state index contributed by atoms with van der Waals surface area (Å²) in [6.45, 7) is 3.26. The summed E-state index contributed by atoms with van der Waals surface area (Å²) < 4.78 is 108. The lowest BCUT2D eigenvalue weighted by molar-refractivity contribution is -0.274. The predicted octanol–water partition coefficient (Wildman–Crippen LogP) is 6.65. The van der Waals surface area contributed by atoms with Gasteiger partial charge in [-0.05, 0) is 73.9 Å². The topological polar surface area (TPSA) is 54.5 Å². The lowest BCUT2D eigenvalue weighted by Crippen LogP contribution is -2.47. The first kappa shape index (κ1) is 28.3. The minimum Gasteiger partial charge on any atom is -0.406 e. The van der Waals surface area contributed by atoms with Crippen molar-refractivity contribution in [3.8, 4) is 5.75 Å². The van der Waals surface area contributed by atoms with Gasteiger partial charge in [0.1, 0.15) is 11.4 Å². The number of amides is 1. The van der Waals surface area contributed by atoms with Gasteiger partial charge in [-0.1, -0.05) is 12.1 Å². The Morgan fingerprint density at radius 1 is 0.923 bits per heavy atom. The van der Waals surface area contributed by atoms with Crippen LogP contribution in [0.15, 0.2) is 60.8 Å². The lowest BCUT2D eigenvalue weighted by atomic mass is 9.93. The molecule has 1 aliphatic rings. The largest absolute Gasteiger partial charge is 0.573 e. The molecule has 3 aromatic rings. The number of rotatable bonds is 6. The molecule has 4 rings (SSSR count). The number of carbonyl (C=O) groups excluding carboxylic acids is 1. The Labute approximate surface area is 217 Å². The van der Waals surface area contributed by atoms with Crippen LogP contribution in [0.2, 0.25) is 0 Å². The zero-order valence-electron chi connectivity index (χ0n) is 20.4. The molecule has 1 amide bonds. The second-order valence-electron chi connectivity index (χ2n) is 9.43. The highest BCUT2D eigenvalue weighted by Crippen LogP contribution is 2.40. The Kier molecular flexibility index (Phi) is 7.32. The molecule has 1 aliphatic heterocycles. The molecule has 2 atom stereocenters. The Morgan fingerprint density at radius 3 is 2.13 bits per heavy atom. The van der Waals surface area contributed by atoms with Crippen LogP contribution in [0.4, 0.5) is 40.8 Å². The highest BCUT2D eigenvalue weighted by atomic mass is 19.4. The van der Waals surface area contributed by atoms with Gasteiger partial charge in [0.05, 0.1) is 12.1 Å². The van der Waals surface area contributed by atoms with Gasteiger partial charge in [-0.2, -0.15) is 13.2 Å². The second-order valence-corrected chi connectivity index (χ2v) is 9.43. The summed E-state index contributed by atoms with van der Waals surface area (Å²) in [7, 11) is 0. The standard InChI is InChI=1S/C26H21F8N3O2/c1-24(2,15-4-10-22(35-13-15)25(29,30)31)36-20-12-21(14-3-9-18(27)19(28)11-14)37(23(20)38)16-5-7-17(8-6-16)39-26(32,33)34/h3-11,13,20-21,36H,12H2,1-2H3/t20-,21-/m1/s1. The van der Waals surface area contributed by atoms with Crippen molar-refractivity contribution < 1.29 is 44.7 Å². The van der Waals surface area contributed by atoms with Gasteiger partial charge < -0.3 is 9.64 Å². The van der Waals surface area contributed by atoms with Gasteiger partial charge >= 0.3 is 12.5 Å². The Hall–Kier alpha value is -3.74. The van der Waals surface area contributed by atoms with Gasteiger partial charge in [0.2, 0.25) is 5.91 Å². The van der Waals surface area contributed by atoms with Crippen LogP contribution < -0.4 is 15.0 Å². The van der Waals surface area contributed by atoms with E-state index < -0.39 is 59.1 Å². The van der Waals surface area contributed by atoms with Crippen LogP contribution in [0, 0.1) is 11.6 Å². The highest BCUT2D eigenvalue weighted by Gasteiger charge is 2.44. The smallest absolute Gasteiger partial charge is 0.406 e. The minimum atomic E-state index is -4.92. The molecule has 0 spiro atoms. The third-order valence-electron chi connectivity index (χ3n) is 6.29. The van der Waals surface area contributed by atoms with Gasteiger partial charge in [0.15, 0.2) is 11.6 Å². The molecule has 1 saturated heterocycles. The average Bonchev–Trinajstić information content (AvgIpc) is 3.15. The molecule has 1 fully saturated rings. The monoisotopic (exact) mass is 559 g/mol. The molecule has 39 heavy (non-hydrogen) atoms. The predicted molar refractivity (Wildman–Crippen MR) is 124 cm³/mol. The maximum Gasteiger partial charge on any atom is 0.573 e. The fraction of sp³-hybridized carbons (Fsp3) is 0.308. The lowest BCUT2D eigenvalue weighted by Gasteiger charge is -2.30. The molecule has 0 radical (unpaired) electrons. The van der Waals surface area contributed by atoms with Crippen molar-refractivity contribution in [3.63, 3.8) is 0 Å². The van der Waals surface area contributed by atoms with Crippen LogP contribution in [-0.4, -0.2) is 23.3 Å². The number of alkyl halides is 6. The molecule has 1 N–H and O–H groups in total. The molecule has 2 aromatic carbocycles. The number of carbonyl (C=O) groups is 1. The van der Waals surface area contributed by atoms with E-state index in [1.807, 2.05) is 0 Å². The number of ether oxygens (including phenoxy) is 1. The fourth-order valence-corrected chi connectivity index (χ4v) is 4.44. The normalized spacial score (nSPS) is 18.5. The van der Waals surface area contributed by atoms with E-state index in [2.05, 4.69) is 15.0 Å². The van der Waals surface area contributed by atoms with E-state index in [1.54, 1.807) is 13.8 Å². The molecule has 5 nitrogen and oxygen atoms in total. The Balaban J connectivity index is 1.65. The van der Waals surface area contributed by atoms with Crippen molar-refractivity contribution in [3.05, 3.63) is 89.2 Å². The molecule has 13 heteroatoms. The van der Waals surface area contributed by atoms with Crippen molar-refractivity contribution in [2.75, 3.05) is 4.90 Å². The van der Waals surface area contributed by atoms with E-state index in [4.69, 9.17) is 0 Å².